The van der Waals surface area contributed by atoms with Crippen LogP contribution < -0.4 is 4.65 Å². The smallest absolute Gasteiger partial charge is 0.341 e. The van der Waals surface area contributed by atoms with Gasteiger partial charge in [0, 0.05) is 12.8 Å². The molecule has 1 aliphatic rings. The van der Waals surface area contributed by atoms with Gasteiger partial charge in [0.1, 0.15) is 0 Å². The van der Waals surface area contributed by atoms with Gasteiger partial charge in [0.25, 0.3) is 0 Å². The Bertz CT molecular complexity index is 475. The summed E-state index contributed by atoms with van der Waals surface area (Å²) in [5.41, 5.74) is 0. The zero-order chi connectivity index (χ0) is 21.3. The zero-order valence-corrected chi connectivity index (χ0v) is 18.7. The fraction of sp³-hybridized carbons (Fsp3) is 1.00. The van der Waals surface area contributed by atoms with Gasteiger partial charge in [-0.3, -0.25) is 0 Å². The lowest BCUT2D eigenvalue weighted by Crippen LogP contribution is -2.83. The van der Waals surface area contributed by atoms with E-state index in [-0.39, 0.29) is 0 Å². The van der Waals surface area contributed by atoms with Crippen LogP contribution in [0.4, 0.5) is 39.5 Å². The Morgan fingerprint density at radius 1 is 0.778 bits per heavy atom. The molecule has 1 fully saturated rings. The molecule has 0 atom stereocenters. The van der Waals surface area contributed by atoms with Crippen LogP contribution in [0.2, 0.25) is 25.2 Å². The molecule has 27 heavy (non-hydrogen) atoms. The van der Waals surface area contributed by atoms with Gasteiger partial charge in [-0.15, -0.1) is 0 Å². The number of alkyl halides is 9. The van der Waals surface area contributed by atoms with E-state index in [0.717, 1.165) is 0 Å². The van der Waals surface area contributed by atoms with Crippen molar-refractivity contribution < 1.29 is 39.5 Å². The van der Waals surface area contributed by atoms with E-state index in [9.17, 15) is 39.5 Å². The highest BCUT2D eigenvalue weighted by molar-refractivity contribution is 6.97. The van der Waals surface area contributed by atoms with E-state index < -0.39 is 83.1 Å². The maximum Gasteiger partial charge on any atom is 0.390 e. The largest absolute Gasteiger partial charge is 0.390 e. The average Bonchev–Trinajstić information content (AvgIpc) is 2.43. The van der Waals surface area contributed by atoms with Gasteiger partial charge in [-0.1, -0.05) is 0 Å². The quantitative estimate of drug-likeness (QED) is 0.475. The standard InChI is InChI=1S/C12H24F9N3Si3/c1-23-25-22-27(8-5-11(16,17)18,9-6-12(19,20)21)24(26(23,2)3)7-4-10(13,14)15/h22H,4-9,25H2,1-3H3. The predicted molar refractivity (Wildman–Crippen MR) is 91.0 cm³/mol. The van der Waals surface area contributed by atoms with Crippen LogP contribution in [0.25, 0.3) is 0 Å². The molecular weight excluding hydrogens is 441 g/mol. The van der Waals surface area contributed by atoms with Crippen LogP contribution in [0.3, 0.4) is 0 Å². The van der Waals surface area contributed by atoms with Crippen molar-refractivity contribution >= 4 is 26.6 Å². The number of halogens is 9. The number of hydrogen-bond acceptors (Lipinski definition) is 3. The molecule has 3 nitrogen and oxygen atoms in total. The molecule has 0 radical (unpaired) electrons. The highest BCUT2D eigenvalue weighted by atomic mass is 28.5. The van der Waals surface area contributed by atoms with Crippen LogP contribution in [0.5, 0.6) is 0 Å². The molecule has 1 heterocycles. The molecule has 15 heteroatoms. The first-order chi connectivity index (χ1) is 11.9. The van der Waals surface area contributed by atoms with Gasteiger partial charge in [0.2, 0.25) is 0 Å². The fourth-order valence-electron chi connectivity index (χ4n) is 3.28. The van der Waals surface area contributed by atoms with Gasteiger partial charge in [-0.05, 0) is 38.8 Å². The second-order valence-corrected chi connectivity index (χ2v) is 19.0. The highest BCUT2D eigenvalue weighted by Gasteiger charge is 2.55. The van der Waals surface area contributed by atoms with Gasteiger partial charge in [0.15, 0.2) is 26.6 Å². The Balaban J connectivity index is 3.24. The van der Waals surface area contributed by atoms with Crippen molar-refractivity contribution in [3.05, 3.63) is 0 Å². The first-order valence-corrected chi connectivity index (χ1v) is 14.9. The Kier molecular flexibility index (Phi) is 7.70. The predicted octanol–water partition coefficient (Wildman–Crippen LogP) is 3.82. The van der Waals surface area contributed by atoms with Crippen molar-refractivity contribution in [2.24, 2.45) is 0 Å². The second-order valence-electron chi connectivity index (χ2n) is 7.31. The molecule has 1 saturated heterocycles. The molecule has 1 N–H and O–H groups in total. The Labute approximate surface area is 156 Å². The third kappa shape index (κ3) is 7.68. The summed E-state index contributed by atoms with van der Waals surface area (Å²) < 4.78 is 121. The normalized spacial score (nSPS) is 23.1. The third-order valence-electron chi connectivity index (χ3n) is 5.02. The van der Waals surface area contributed by atoms with E-state index in [4.69, 9.17) is 0 Å². The van der Waals surface area contributed by atoms with Crippen molar-refractivity contribution in [3.8, 4) is 0 Å². The lowest BCUT2D eigenvalue weighted by atomic mass is 10.4. The number of nitrogens with zero attached hydrogens (tertiary/aromatic N) is 2. The summed E-state index contributed by atoms with van der Waals surface area (Å²) in [7, 11) is -6.00. The van der Waals surface area contributed by atoms with Gasteiger partial charge >= 0.3 is 18.5 Å². The summed E-state index contributed by atoms with van der Waals surface area (Å²) in [4.78, 5) is 0. The summed E-state index contributed by atoms with van der Waals surface area (Å²) in [5.74, 6) is 0. The molecule has 0 aromatic rings. The maximum atomic E-state index is 12.8. The maximum absolute atomic E-state index is 12.8. The monoisotopic (exact) mass is 465 g/mol. The van der Waals surface area contributed by atoms with Crippen LogP contribution in [-0.4, -0.2) is 67.2 Å². The molecule has 0 unspecified atom stereocenters. The van der Waals surface area contributed by atoms with Crippen LogP contribution in [-0.2, 0) is 0 Å². The lowest BCUT2D eigenvalue weighted by Gasteiger charge is -2.58. The average molecular weight is 466 g/mol. The minimum atomic E-state index is -4.58. The molecule has 0 aromatic carbocycles. The van der Waals surface area contributed by atoms with Crippen molar-refractivity contribution in [1.29, 1.82) is 0 Å². The second kappa shape index (κ2) is 8.33. The fourth-order valence-corrected chi connectivity index (χ4v) is 20.7. The van der Waals surface area contributed by atoms with E-state index in [2.05, 4.69) is 4.65 Å². The minimum Gasteiger partial charge on any atom is -0.341 e. The molecule has 1 aliphatic heterocycles. The number of nitrogens with one attached hydrogen (secondary N) is 1. The topological polar surface area (TPSA) is 18.5 Å². The number of hydrogen-bond donors (Lipinski definition) is 1. The van der Waals surface area contributed by atoms with Crippen LogP contribution in [0.15, 0.2) is 0 Å². The van der Waals surface area contributed by atoms with Crippen LogP contribution >= 0.6 is 0 Å². The summed E-state index contributed by atoms with van der Waals surface area (Å²) >= 11 is 0. The van der Waals surface area contributed by atoms with Crippen molar-refractivity contribution in [2.75, 3.05) is 13.6 Å². The van der Waals surface area contributed by atoms with Crippen molar-refractivity contribution in [3.63, 3.8) is 0 Å². The SMILES string of the molecule is CN1[SiH2]N[Si](CCC(F)(F)F)(CCC(F)(F)F)N(CCC(F)(F)F)[Si]1(C)C. The molecular formula is C12H24F9N3Si3. The summed E-state index contributed by atoms with van der Waals surface area (Å²) in [6, 6.07) is -1.14. The van der Waals surface area contributed by atoms with Gasteiger partial charge in [-0.2, -0.15) is 39.5 Å². The molecule has 162 valence electrons. The summed E-state index contributed by atoms with van der Waals surface area (Å²) in [6.07, 6.45) is -17.5. The first-order valence-electron chi connectivity index (χ1n) is 8.32. The third-order valence-corrected chi connectivity index (χ3v) is 21.3. The molecule has 0 aromatic heterocycles. The summed E-state index contributed by atoms with van der Waals surface area (Å²) in [5, 5.41) is 0. The lowest BCUT2D eigenvalue weighted by molar-refractivity contribution is -0.137. The molecule has 0 aliphatic carbocycles. The Hall–Kier alpha value is -0.0994. The van der Waals surface area contributed by atoms with Crippen molar-refractivity contribution in [1.82, 2.24) is 13.1 Å². The van der Waals surface area contributed by atoms with E-state index in [0.29, 0.717) is 0 Å². The van der Waals surface area contributed by atoms with Gasteiger partial charge in [-0.25, -0.2) is 0 Å². The van der Waals surface area contributed by atoms with Crippen molar-refractivity contribution in [2.45, 2.75) is 63.0 Å². The van der Waals surface area contributed by atoms with Crippen LogP contribution in [0, 0.1) is 0 Å². The summed E-state index contributed by atoms with van der Waals surface area (Å²) in [6.45, 7) is 2.82. The molecule has 0 saturated carbocycles. The Morgan fingerprint density at radius 3 is 1.56 bits per heavy atom. The van der Waals surface area contributed by atoms with Crippen LogP contribution in [0.1, 0.15) is 19.3 Å². The highest BCUT2D eigenvalue weighted by Crippen LogP contribution is 2.38. The Morgan fingerprint density at radius 2 is 1.19 bits per heavy atom. The van der Waals surface area contributed by atoms with E-state index in [1.165, 1.54) is 4.23 Å². The van der Waals surface area contributed by atoms with Gasteiger partial charge < -0.3 is 13.1 Å². The van der Waals surface area contributed by atoms with E-state index in [1.807, 2.05) is 4.23 Å². The minimum absolute atomic E-state index is 0.568. The first kappa shape index (κ1) is 24.9. The zero-order valence-electron chi connectivity index (χ0n) is 15.2. The molecule has 0 bridgehead atoms. The molecule has 0 spiro atoms. The van der Waals surface area contributed by atoms with E-state index >= 15 is 0 Å². The van der Waals surface area contributed by atoms with E-state index in [1.54, 1.807) is 20.1 Å². The molecule has 1 rings (SSSR count). The van der Waals surface area contributed by atoms with Gasteiger partial charge in [0.05, 0.1) is 6.42 Å². The molecule has 0 amide bonds. The number of rotatable bonds is 6.